The zero-order chi connectivity index (χ0) is 40.0. The number of anilines is 4. The Balaban J connectivity index is 0.000000658. The Bertz CT molecular complexity index is 1850. The van der Waals surface area contributed by atoms with Gasteiger partial charge in [-0.1, -0.05) is 102 Å². The molecule has 16 heteroatoms. The first kappa shape index (κ1) is 45.9. The van der Waals surface area contributed by atoms with E-state index >= 15 is 0 Å². The molecule has 0 bridgehead atoms. The van der Waals surface area contributed by atoms with Gasteiger partial charge < -0.3 is 20.1 Å². The van der Waals surface area contributed by atoms with Crippen molar-refractivity contribution in [2.45, 2.75) is 53.6 Å². The van der Waals surface area contributed by atoms with Crippen LogP contribution in [0.15, 0.2) is 107 Å². The van der Waals surface area contributed by atoms with Gasteiger partial charge in [0, 0.05) is 22.5 Å². The third-order valence-corrected chi connectivity index (χ3v) is 8.30. The van der Waals surface area contributed by atoms with Gasteiger partial charge in [-0.3, -0.25) is 0 Å². The first-order valence-corrected chi connectivity index (χ1v) is 20.0. The second-order valence-corrected chi connectivity index (χ2v) is 17.5. The van der Waals surface area contributed by atoms with Crippen molar-refractivity contribution in [1.82, 2.24) is 0 Å². The van der Waals surface area contributed by atoms with Crippen molar-refractivity contribution in [1.29, 1.82) is 0 Å². The van der Waals surface area contributed by atoms with E-state index in [9.17, 15) is 25.2 Å². The van der Waals surface area contributed by atoms with Crippen LogP contribution < -0.4 is 10.6 Å². The molecule has 4 aromatic rings. The van der Waals surface area contributed by atoms with Gasteiger partial charge in [-0.25, -0.2) is 9.98 Å². The first-order valence-electron chi connectivity index (χ1n) is 17.0. The number of ether oxygens (including phenoxy) is 2. The second kappa shape index (κ2) is 17.3. The van der Waals surface area contributed by atoms with Gasteiger partial charge in [0.25, 0.3) is 0 Å². The molecule has 2 heterocycles. The van der Waals surface area contributed by atoms with E-state index in [4.69, 9.17) is 42.7 Å². The molecule has 6 rings (SSSR count). The number of hydrogen-bond acceptors (Lipinski definition) is 6. The van der Waals surface area contributed by atoms with Crippen LogP contribution in [-0.2, 0) is 26.5 Å². The van der Waals surface area contributed by atoms with Crippen molar-refractivity contribution < 1.29 is 51.7 Å². The molecule has 2 aliphatic rings. The number of aliphatic imine (C=N–C) groups is 2. The van der Waals surface area contributed by atoms with Crippen LogP contribution in [0.3, 0.4) is 0 Å². The van der Waals surface area contributed by atoms with Gasteiger partial charge in [-0.05, 0) is 47.2 Å². The molecule has 0 amide bonds. The summed E-state index contributed by atoms with van der Waals surface area (Å²) in [6.45, 7) is 14.4. The molecule has 0 saturated carbocycles. The van der Waals surface area contributed by atoms with Crippen LogP contribution in [0.5, 0.6) is 0 Å². The molecule has 55 heavy (non-hydrogen) atoms. The molecule has 304 valence electrons. The standard InChI is InChI=1S/C38H42N4O2.CH2Cl2.Cu.F6P/c1-37(2,3)33-23-43-35(41-33)27-17-9-13-21-31(27)39-29-19-11-7-15-25(29)26-16-8-12-20-30(26)40-32-22-14-10-18-28(32)36-42-34(24-44-36)38(4,5)6;2-1-3;;1-7(2,3,4,5)6/h7-22,33-34,39-40H,23-24H2,1-6H3;1H2;;/q;;+1;-1/t33-,34-;;;/m1.../s1. The monoisotopic (exact) mass is 878 g/mol. The van der Waals surface area contributed by atoms with Crippen LogP contribution in [0.2, 0.25) is 0 Å². The molecule has 0 spiro atoms. The summed E-state index contributed by atoms with van der Waals surface area (Å²) >= 11 is 9.53. The summed E-state index contributed by atoms with van der Waals surface area (Å²) in [7, 11) is -10.7. The molecule has 2 aliphatic heterocycles. The van der Waals surface area contributed by atoms with Crippen LogP contribution >= 0.6 is 31.0 Å². The van der Waals surface area contributed by atoms with E-state index in [1.165, 1.54) is 0 Å². The summed E-state index contributed by atoms with van der Waals surface area (Å²) in [5.74, 6) is 1.38. The van der Waals surface area contributed by atoms with Gasteiger partial charge >= 0.3 is 50.1 Å². The summed E-state index contributed by atoms with van der Waals surface area (Å²) < 4.78 is 71.4. The maximum absolute atomic E-state index is 10.7. The Hall–Kier alpha value is -3.47. The third-order valence-electron chi connectivity index (χ3n) is 8.30. The van der Waals surface area contributed by atoms with E-state index in [-0.39, 0.29) is 45.3 Å². The Morgan fingerprint density at radius 1 is 0.545 bits per heavy atom. The quantitative estimate of drug-likeness (QED) is 0.0840. The van der Waals surface area contributed by atoms with E-state index in [0.29, 0.717) is 25.0 Å². The van der Waals surface area contributed by atoms with Crippen LogP contribution in [-0.4, -0.2) is 42.4 Å². The number of halogens is 8. The van der Waals surface area contributed by atoms with E-state index < -0.39 is 7.81 Å². The van der Waals surface area contributed by atoms with E-state index in [1.807, 2.05) is 24.3 Å². The number of para-hydroxylation sites is 4. The average Bonchev–Trinajstić information content (AvgIpc) is 3.77. The topological polar surface area (TPSA) is 67.2 Å². The minimum atomic E-state index is -10.7. The predicted molar refractivity (Wildman–Crippen MR) is 213 cm³/mol. The summed E-state index contributed by atoms with van der Waals surface area (Å²) in [4.78, 5) is 9.91. The van der Waals surface area contributed by atoms with Crippen LogP contribution in [0.25, 0.3) is 11.1 Å². The van der Waals surface area contributed by atoms with E-state index in [2.05, 4.69) is 125 Å². The van der Waals surface area contributed by atoms with Crippen molar-refractivity contribution in [3.05, 3.63) is 108 Å². The minimum absolute atomic E-state index is 0. The van der Waals surface area contributed by atoms with Gasteiger partial charge in [-0.2, -0.15) is 0 Å². The maximum Gasteiger partial charge on any atom is 1.00 e. The molecule has 0 unspecified atom stereocenters. The Kier molecular flexibility index (Phi) is 14.5. The largest absolute Gasteiger partial charge is 1.00 e. The van der Waals surface area contributed by atoms with Crippen molar-refractivity contribution in [2.75, 3.05) is 29.2 Å². The molecule has 2 N–H and O–H groups in total. The Morgan fingerprint density at radius 2 is 0.782 bits per heavy atom. The number of hydrogen-bond donors (Lipinski definition) is 2. The van der Waals surface area contributed by atoms with Crippen molar-refractivity contribution in [3.63, 3.8) is 0 Å². The number of rotatable bonds is 7. The Morgan fingerprint density at radius 3 is 1.04 bits per heavy atom. The zero-order valence-corrected chi connectivity index (χ0v) is 34.3. The van der Waals surface area contributed by atoms with Crippen molar-refractivity contribution in [3.8, 4) is 11.1 Å². The minimum Gasteiger partial charge on any atom is 1.00 e. The fourth-order valence-electron chi connectivity index (χ4n) is 5.43. The van der Waals surface area contributed by atoms with Crippen LogP contribution in [0.4, 0.5) is 47.9 Å². The second-order valence-electron chi connectivity index (χ2n) is 14.7. The van der Waals surface area contributed by atoms with Crippen molar-refractivity contribution >= 4 is 65.6 Å². The molecule has 0 aromatic heterocycles. The summed E-state index contributed by atoms with van der Waals surface area (Å²) in [6, 6.07) is 33.5. The van der Waals surface area contributed by atoms with Gasteiger partial charge in [0.2, 0.25) is 11.8 Å². The average molecular weight is 880 g/mol. The first-order chi connectivity index (χ1) is 24.9. The molecule has 0 aliphatic carbocycles. The third kappa shape index (κ3) is 14.5. The molecular weight excluding hydrogens is 836 g/mol. The van der Waals surface area contributed by atoms with Gasteiger partial charge in [-0.15, -0.1) is 23.2 Å². The van der Waals surface area contributed by atoms with E-state index in [1.54, 1.807) is 0 Å². The normalized spacial score (nSPS) is 17.9. The fraction of sp³-hybridized carbons (Fsp3) is 0.333. The van der Waals surface area contributed by atoms with Gasteiger partial charge in [0.1, 0.15) is 13.2 Å². The van der Waals surface area contributed by atoms with Crippen LogP contribution in [0.1, 0.15) is 52.7 Å². The molecule has 2 atom stereocenters. The summed E-state index contributed by atoms with van der Waals surface area (Å²) in [6.07, 6.45) is 0. The molecule has 4 aromatic carbocycles. The van der Waals surface area contributed by atoms with Gasteiger partial charge in [0.05, 0.1) is 39.9 Å². The number of benzene rings is 4. The predicted octanol–water partition coefficient (Wildman–Crippen LogP) is 14.0. The Labute approximate surface area is 338 Å². The molecule has 0 fully saturated rings. The maximum atomic E-state index is 9.87. The zero-order valence-electron chi connectivity index (χ0n) is 31.0. The fourth-order valence-corrected chi connectivity index (χ4v) is 5.43. The van der Waals surface area contributed by atoms with Crippen LogP contribution in [0, 0.1) is 10.8 Å². The smallest absolute Gasteiger partial charge is 1.00 e. The summed E-state index contributed by atoms with van der Waals surface area (Å²) in [5, 5.41) is 7.61. The van der Waals surface area contributed by atoms with E-state index in [0.717, 1.165) is 45.0 Å². The SMILES string of the molecule is CC(C)(C)[C@H]1COC(c2ccccc2Nc2ccccc2-c2ccccc2Nc2ccccc2C2=N[C@@H](C(C)(C)C)CO2)=N1.ClCCl.F[P-](F)(F)(F)(F)F.[Cu+]. The molecule has 6 nitrogen and oxygen atoms in total. The molecule has 0 saturated heterocycles. The van der Waals surface area contributed by atoms with Crippen molar-refractivity contribution in [2.24, 2.45) is 20.8 Å². The van der Waals surface area contributed by atoms with Gasteiger partial charge in [0.15, 0.2) is 0 Å². The number of nitrogens with one attached hydrogen (secondary N) is 2. The molecular formula is C39H44Cl2CuF6N4O2P. The number of nitrogens with zero attached hydrogens (tertiary/aromatic N) is 2. The molecule has 0 radical (unpaired) electrons. The summed E-state index contributed by atoms with van der Waals surface area (Å²) in [5.41, 5.74) is 8.03. The number of alkyl halides is 2.